The van der Waals surface area contributed by atoms with Crippen LogP contribution in [-0.2, 0) is 9.53 Å². The summed E-state index contributed by atoms with van der Waals surface area (Å²) in [6, 6.07) is 3.76. The molecular weight excluding hydrogens is 254 g/mol. The van der Waals surface area contributed by atoms with Crippen molar-refractivity contribution in [2.24, 2.45) is 0 Å². The van der Waals surface area contributed by atoms with Crippen molar-refractivity contribution in [3.8, 4) is 0 Å². The van der Waals surface area contributed by atoms with E-state index in [0.29, 0.717) is 18.0 Å². The number of anilines is 2. The van der Waals surface area contributed by atoms with Gasteiger partial charge in [-0.15, -0.1) is 11.6 Å². The van der Waals surface area contributed by atoms with Gasteiger partial charge in [0.25, 0.3) is 0 Å². The molecule has 1 saturated heterocycles. The number of pyridine rings is 1. The summed E-state index contributed by atoms with van der Waals surface area (Å²) in [6.07, 6.45) is 1.98. The molecule has 6 heteroatoms. The van der Waals surface area contributed by atoms with Crippen molar-refractivity contribution < 1.29 is 9.53 Å². The Kier molecular flexibility index (Phi) is 4.78. The summed E-state index contributed by atoms with van der Waals surface area (Å²) in [4.78, 5) is 17.8. The summed E-state index contributed by atoms with van der Waals surface area (Å²) in [5, 5.41) is 2.74. The van der Waals surface area contributed by atoms with Gasteiger partial charge in [0.15, 0.2) is 0 Å². The van der Waals surface area contributed by atoms with Gasteiger partial charge in [0, 0.05) is 25.4 Å². The SMILES string of the molecule is O=C(CCCl)Nc1ccc(N2CCOCC2)nc1. The maximum Gasteiger partial charge on any atom is 0.225 e. The predicted molar refractivity (Wildman–Crippen MR) is 71.2 cm³/mol. The number of ether oxygens (including phenoxy) is 1. The average molecular weight is 270 g/mol. The van der Waals surface area contributed by atoms with E-state index in [4.69, 9.17) is 16.3 Å². The molecule has 1 aliphatic rings. The summed E-state index contributed by atoms with van der Waals surface area (Å²) in [5.41, 5.74) is 0.696. The summed E-state index contributed by atoms with van der Waals surface area (Å²) in [6.45, 7) is 3.17. The fourth-order valence-electron chi connectivity index (χ4n) is 1.75. The van der Waals surface area contributed by atoms with Gasteiger partial charge in [0.05, 0.1) is 25.1 Å². The van der Waals surface area contributed by atoms with Gasteiger partial charge in [-0.2, -0.15) is 0 Å². The van der Waals surface area contributed by atoms with Crippen molar-refractivity contribution in [3.05, 3.63) is 18.3 Å². The number of morpholine rings is 1. The molecule has 0 saturated carbocycles. The molecule has 1 N–H and O–H groups in total. The Bertz CT molecular complexity index is 391. The largest absolute Gasteiger partial charge is 0.378 e. The molecule has 1 fully saturated rings. The molecule has 2 heterocycles. The van der Waals surface area contributed by atoms with Gasteiger partial charge in [-0.05, 0) is 12.1 Å². The predicted octanol–water partition coefficient (Wildman–Crippen LogP) is 1.49. The first-order chi connectivity index (χ1) is 8.79. The molecule has 1 amide bonds. The van der Waals surface area contributed by atoms with E-state index >= 15 is 0 Å². The van der Waals surface area contributed by atoms with Crippen molar-refractivity contribution in [1.82, 2.24) is 4.98 Å². The zero-order valence-corrected chi connectivity index (χ0v) is 10.8. The highest BCUT2D eigenvalue weighted by Gasteiger charge is 2.12. The van der Waals surface area contributed by atoms with Gasteiger partial charge in [0.2, 0.25) is 5.91 Å². The second kappa shape index (κ2) is 6.56. The van der Waals surface area contributed by atoms with Crippen LogP contribution in [0.5, 0.6) is 0 Å². The van der Waals surface area contributed by atoms with Crippen LogP contribution in [0, 0.1) is 0 Å². The number of hydrogen-bond donors (Lipinski definition) is 1. The maximum absolute atomic E-state index is 11.3. The third-order valence-electron chi connectivity index (χ3n) is 2.69. The fraction of sp³-hybridized carbons (Fsp3) is 0.500. The van der Waals surface area contributed by atoms with Crippen LogP contribution in [0.25, 0.3) is 0 Å². The zero-order valence-electron chi connectivity index (χ0n) is 10.1. The lowest BCUT2D eigenvalue weighted by atomic mass is 10.3. The molecule has 1 aromatic rings. The zero-order chi connectivity index (χ0) is 12.8. The lowest BCUT2D eigenvalue weighted by molar-refractivity contribution is -0.115. The fourth-order valence-corrected chi connectivity index (χ4v) is 1.92. The molecule has 0 spiro atoms. The van der Waals surface area contributed by atoms with Crippen LogP contribution in [0.2, 0.25) is 0 Å². The van der Waals surface area contributed by atoms with Gasteiger partial charge in [-0.3, -0.25) is 4.79 Å². The molecule has 5 nitrogen and oxygen atoms in total. The molecule has 2 rings (SSSR count). The average Bonchev–Trinajstić information content (AvgIpc) is 2.41. The monoisotopic (exact) mass is 269 g/mol. The first-order valence-corrected chi connectivity index (χ1v) is 6.47. The smallest absolute Gasteiger partial charge is 0.225 e. The minimum Gasteiger partial charge on any atom is -0.378 e. The van der Waals surface area contributed by atoms with E-state index in [0.717, 1.165) is 32.1 Å². The van der Waals surface area contributed by atoms with Crippen LogP contribution in [-0.4, -0.2) is 43.1 Å². The molecule has 0 bridgehead atoms. The molecule has 0 aliphatic carbocycles. The summed E-state index contributed by atoms with van der Waals surface area (Å²) in [5.74, 6) is 1.14. The van der Waals surface area contributed by atoms with Crippen molar-refractivity contribution in [1.29, 1.82) is 0 Å². The first-order valence-electron chi connectivity index (χ1n) is 5.94. The lowest BCUT2D eigenvalue weighted by Crippen LogP contribution is -2.36. The standard InChI is InChI=1S/C12H16ClN3O2/c13-4-3-12(17)15-10-1-2-11(14-9-10)16-5-7-18-8-6-16/h1-2,9H,3-8H2,(H,15,17). The van der Waals surface area contributed by atoms with E-state index in [2.05, 4.69) is 15.2 Å². The van der Waals surface area contributed by atoms with E-state index < -0.39 is 0 Å². The van der Waals surface area contributed by atoms with Crippen molar-refractivity contribution >= 4 is 29.0 Å². The highest BCUT2D eigenvalue weighted by atomic mass is 35.5. The van der Waals surface area contributed by atoms with Gasteiger partial charge in [-0.25, -0.2) is 4.98 Å². The van der Waals surface area contributed by atoms with Crippen LogP contribution in [0.15, 0.2) is 18.3 Å². The number of rotatable bonds is 4. The molecule has 98 valence electrons. The number of halogens is 1. The number of amides is 1. The Morgan fingerprint density at radius 1 is 1.44 bits per heavy atom. The molecule has 1 aliphatic heterocycles. The van der Waals surface area contributed by atoms with Gasteiger partial charge >= 0.3 is 0 Å². The number of nitrogens with one attached hydrogen (secondary N) is 1. The normalized spacial score (nSPS) is 15.5. The molecular formula is C12H16ClN3O2. The molecule has 0 atom stereocenters. The maximum atomic E-state index is 11.3. The van der Waals surface area contributed by atoms with E-state index in [1.165, 1.54) is 0 Å². The Morgan fingerprint density at radius 3 is 2.83 bits per heavy atom. The molecule has 0 radical (unpaired) electrons. The topological polar surface area (TPSA) is 54.5 Å². The van der Waals surface area contributed by atoms with Gasteiger partial charge in [-0.1, -0.05) is 0 Å². The Morgan fingerprint density at radius 2 is 2.22 bits per heavy atom. The number of alkyl halides is 1. The number of nitrogens with zero attached hydrogens (tertiary/aromatic N) is 2. The quantitative estimate of drug-likeness (QED) is 0.842. The lowest BCUT2D eigenvalue weighted by Gasteiger charge is -2.27. The third kappa shape index (κ3) is 3.58. The van der Waals surface area contributed by atoms with Crippen molar-refractivity contribution in [3.63, 3.8) is 0 Å². The second-order valence-corrected chi connectivity index (χ2v) is 4.37. The minimum absolute atomic E-state index is 0.0917. The van der Waals surface area contributed by atoms with Gasteiger partial charge in [0.1, 0.15) is 5.82 Å². The molecule has 0 unspecified atom stereocenters. The first kappa shape index (κ1) is 13.1. The van der Waals surface area contributed by atoms with E-state index in [9.17, 15) is 4.79 Å². The highest BCUT2D eigenvalue weighted by Crippen LogP contribution is 2.15. The van der Waals surface area contributed by atoms with E-state index in [1.807, 2.05) is 12.1 Å². The van der Waals surface area contributed by atoms with Crippen molar-refractivity contribution in [2.45, 2.75) is 6.42 Å². The molecule has 0 aromatic carbocycles. The Hall–Kier alpha value is -1.33. The Balaban J connectivity index is 1.94. The van der Waals surface area contributed by atoms with Crippen LogP contribution >= 0.6 is 11.6 Å². The molecule has 18 heavy (non-hydrogen) atoms. The summed E-state index contributed by atoms with van der Waals surface area (Å²) in [7, 11) is 0. The van der Waals surface area contributed by atoms with E-state index in [1.54, 1.807) is 6.20 Å². The van der Waals surface area contributed by atoms with Crippen LogP contribution in [0.3, 0.4) is 0 Å². The van der Waals surface area contributed by atoms with Crippen molar-refractivity contribution in [2.75, 3.05) is 42.4 Å². The molecule has 1 aromatic heterocycles. The summed E-state index contributed by atoms with van der Waals surface area (Å²) >= 11 is 5.49. The number of carbonyl (C=O) groups excluding carboxylic acids is 1. The van der Waals surface area contributed by atoms with E-state index in [-0.39, 0.29) is 5.91 Å². The number of aromatic nitrogens is 1. The number of carbonyl (C=O) groups is 1. The summed E-state index contributed by atoms with van der Waals surface area (Å²) < 4.78 is 5.29. The van der Waals surface area contributed by atoms with Gasteiger partial charge < -0.3 is 15.0 Å². The number of hydrogen-bond acceptors (Lipinski definition) is 4. The minimum atomic E-state index is -0.0917. The Labute approximate surface area is 111 Å². The van der Waals surface area contributed by atoms with Crippen LogP contribution < -0.4 is 10.2 Å². The van der Waals surface area contributed by atoms with Crippen LogP contribution in [0.1, 0.15) is 6.42 Å². The highest BCUT2D eigenvalue weighted by molar-refractivity contribution is 6.19. The second-order valence-electron chi connectivity index (χ2n) is 3.99. The van der Waals surface area contributed by atoms with Crippen LogP contribution in [0.4, 0.5) is 11.5 Å². The third-order valence-corrected chi connectivity index (χ3v) is 2.88.